The minimum absolute atomic E-state index is 0.0628. The third-order valence-electron chi connectivity index (χ3n) is 7.81. The number of hydrogen-bond acceptors (Lipinski definition) is 5. The molecule has 2 amide bonds. The van der Waals surface area contributed by atoms with E-state index in [4.69, 9.17) is 11.6 Å². The standard InChI is InChI=1S/C29H26ClF6N5O2/c30-25-14-19(7-10-38-25)16-40-26(42)41(13-1-2-21-4-3-20(17-39-21)28(31,32)33)18-27(8-11-37-12-9-27)23-15-22(5-6-24(23)41)43-29(34,35)36/h1-7,10,14-15,17,37H,8-9,11-13,16,18H2/p+1/b2-1+. The summed E-state index contributed by atoms with van der Waals surface area (Å²) in [6.07, 6.45) is -2.87. The van der Waals surface area contributed by atoms with Crippen LogP contribution in [-0.2, 0) is 18.1 Å². The summed E-state index contributed by atoms with van der Waals surface area (Å²) in [5, 5.41) is 6.46. The van der Waals surface area contributed by atoms with E-state index in [2.05, 4.69) is 25.3 Å². The number of nitrogens with zero attached hydrogens (tertiary/aromatic N) is 3. The average molecular weight is 627 g/mol. The summed E-state index contributed by atoms with van der Waals surface area (Å²) < 4.78 is 82.3. The highest BCUT2D eigenvalue weighted by atomic mass is 35.5. The number of pyridine rings is 2. The molecular formula is C29H27ClF6N5O2+. The van der Waals surface area contributed by atoms with Crippen LogP contribution in [0.5, 0.6) is 5.75 Å². The van der Waals surface area contributed by atoms with E-state index in [1.54, 1.807) is 18.2 Å². The Hall–Kier alpha value is -3.68. The Morgan fingerprint density at radius 2 is 1.84 bits per heavy atom. The zero-order valence-electron chi connectivity index (χ0n) is 22.6. The van der Waals surface area contributed by atoms with Crippen molar-refractivity contribution in [2.45, 2.75) is 37.3 Å². The van der Waals surface area contributed by atoms with Crippen LogP contribution in [0.2, 0.25) is 5.15 Å². The molecule has 14 heteroatoms. The van der Waals surface area contributed by atoms with Gasteiger partial charge in [-0.05, 0) is 80.0 Å². The molecule has 228 valence electrons. The van der Waals surface area contributed by atoms with Crippen molar-refractivity contribution in [2.75, 3.05) is 26.2 Å². The van der Waals surface area contributed by atoms with Crippen LogP contribution in [0.3, 0.4) is 0 Å². The number of rotatable bonds is 6. The molecule has 1 spiro atoms. The fourth-order valence-electron chi connectivity index (χ4n) is 5.86. The number of carbonyl (C=O) groups excluding carboxylic acids is 1. The second-order valence-corrected chi connectivity index (χ2v) is 11.0. The third-order valence-corrected chi connectivity index (χ3v) is 8.02. The first-order valence-electron chi connectivity index (χ1n) is 13.4. The summed E-state index contributed by atoms with van der Waals surface area (Å²) in [7, 11) is 0. The van der Waals surface area contributed by atoms with Gasteiger partial charge in [0.1, 0.15) is 29.7 Å². The lowest BCUT2D eigenvalue weighted by Crippen LogP contribution is -2.60. The molecule has 7 nitrogen and oxygen atoms in total. The van der Waals surface area contributed by atoms with Crippen LogP contribution in [0.25, 0.3) is 6.08 Å². The fraction of sp³-hybridized carbons (Fsp3) is 0.345. The van der Waals surface area contributed by atoms with Gasteiger partial charge in [-0.3, -0.25) is 4.98 Å². The van der Waals surface area contributed by atoms with Gasteiger partial charge in [-0.2, -0.15) is 13.2 Å². The summed E-state index contributed by atoms with van der Waals surface area (Å²) in [6.45, 7) is 1.64. The average Bonchev–Trinajstić information content (AvgIpc) is 3.20. The van der Waals surface area contributed by atoms with Crippen LogP contribution in [0.15, 0.2) is 60.9 Å². The summed E-state index contributed by atoms with van der Waals surface area (Å²) in [6, 6.07) is 9.08. The summed E-state index contributed by atoms with van der Waals surface area (Å²) in [4.78, 5) is 21.9. The molecule has 2 N–H and O–H groups in total. The first kappa shape index (κ1) is 30.8. The molecule has 0 radical (unpaired) electrons. The fourth-order valence-corrected chi connectivity index (χ4v) is 6.06. The zero-order valence-corrected chi connectivity index (χ0v) is 23.4. The van der Waals surface area contributed by atoms with Crippen molar-refractivity contribution in [3.05, 3.63) is 88.5 Å². The van der Waals surface area contributed by atoms with Gasteiger partial charge in [0.05, 0.1) is 16.7 Å². The summed E-state index contributed by atoms with van der Waals surface area (Å²) in [5.41, 5.74) is 0.556. The van der Waals surface area contributed by atoms with Crippen LogP contribution >= 0.6 is 11.6 Å². The number of aromatic nitrogens is 2. The molecule has 0 aliphatic carbocycles. The van der Waals surface area contributed by atoms with Gasteiger partial charge in [0.25, 0.3) is 0 Å². The number of nitrogens with one attached hydrogen (secondary N) is 2. The lowest BCUT2D eigenvalue weighted by Gasteiger charge is -2.36. The number of alkyl halides is 6. The Morgan fingerprint density at radius 1 is 1.07 bits per heavy atom. The van der Waals surface area contributed by atoms with E-state index in [0.29, 0.717) is 42.7 Å². The normalized spacial score (nSPS) is 19.9. The van der Waals surface area contributed by atoms with E-state index in [1.165, 1.54) is 36.5 Å². The largest absolute Gasteiger partial charge is 0.573 e. The molecule has 1 saturated heterocycles. The lowest BCUT2D eigenvalue weighted by molar-refractivity contribution is -0.274. The number of benzene rings is 1. The van der Waals surface area contributed by atoms with Gasteiger partial charge in [0.2, 0.25) is 0 Å². The second kappa shape index (κ2) is 11.8. The number of amides is 2. The first-order chi connectivity index (χ1) is 20.3. The number of urea groups is 1. The maximum atomic E-state index is 14.1. The topological polar surface area (TPSA) is 76.1 Å². The molecule has 2 aromatic heterocycles. The van der Waals surface area contributed by atoms with E-state index < -0.39 is 29.5 Å². The van der Waals surface area contributed by atoms with Crippen molar-refractivity contribution < 1.29 is 35.9 Å². The second-order valence-electron chi connectivity index (χ2n) is 10.6. The molecule has 5 rings (SSSR count). The molecular weight excluding hydrogens is 600 g/mol. The highest BCUT2D eigenvalue weighted by Crippen LogP contribution is 2.51. The molecule has 4 heterocycles. The van der Waals surface area contributed by atoms with Gasteiger partial charge < -0.3 is 15.4 Å². The molecule has 2 aliphatic rings. The number of hydrogen-bond donors (Lipinski definition) is 2. The third kappa shape index (κ3) is 6.78. The SMILES string of the molecule is O=C(NCc1ccnc(Cl)c1)[N+]1(C/C=C/c2ccc(C(F)(F)F)cn2)CC2(CCNCC2)c2cc(OC(F)(F)F)ccc21. The van der Waals surface area contributed by atoms with Gasteiger partial charge in [-0.25, -0.2) is 14.3 Å². The van der Waals surface area contributed by atoms with Crippen molar-refractivity contribution in [1.29, 1.82) is 0 Å². The first-order valence-corrected chi connectivity index (χ1v) is 13.7. The Morgan fingerprint density at radius 3 is 2.49 bits per heavy atom. The van der Waals surface area contributed by atoms with Crippen LogP contribution in [0, 0.1) is 0 Å². The van der Waals surface area contributed by atoms with Crippen molar-refractivity contribution in [3.8, 4) is 5.75 Å². The number of piperidine rings is 1. The number of carbonyl (C=O) groups is 1. The van der Waals surface area contributed by atoms with Crippen LogP contribution in [0.4, 0.5) is 36.8 Å². The van der Waals surface area contributed by atoms with Gasteiger partial charge in [-0.1, -0.05) is 11.6 Å². The predicted molar refractivity (Wildman–Crippen MR) is 148 cm³/mol. The molecule has 2 aliphatic heterocycles. The molecule has 1 fully saturated rings. The van der Waals surface area contributed by atoms with E-state index in [9.17, 15) is 31.1 Å². The summed E-state index contributed by atoms with van der Waals surface area (Å²) in [5.74, 6) is -0.375. The maximum absolute atomic E-state index is 14.1. The van der Waals surface area contributed by atoms with E-state index in [1.807, 2.05) is 0 Å². The van der Waals surface area contributed by atoms with Crippen LogP contribution in [-0.4, -0.2) is 48.5 Å². The minimum Gasteiger partial charge on any atom is -0.406 e. The van der Waals surface area contributed by atoms with Gasteiger partial charge >= 0.3 is 18.6 Å². The van der Waals surface area contributed by atoms with Gasteiger partial charge in [0, 0.05) is 30.6 Å². The van der Waals surface area contributed by atoms with Crippen molar-refractivity contribution >= 4 is 29.4 Å². The van der Waals surface area contributed by atoms with E-state index in [0.717, 1.165) is 12.3 Å². The number of halogens is 7. The highest BCUT2D eigenvalue weighted by Gasteiger charge is 2.57. The molecule has 43 heavy (non-hydrogen) atoms. The molecule has 1 atom stereocenters. The predicted octanol–water partition coefficient (Wildman–Crippen LogP) is 6.61. The molecule has 3 aromatic rings. The van der Waals surface area contributed by atoms with E-state index in [-0.39, 0.29) is 40.7 Å². The van der Waals surface area contributed by atoms with Crippen LogP contribution < -0.4 is 19.9 Å². The number of quaternary nitrogens is 1. The lowest BCUT2D eigenvalue weighted by atomic mass is 9.74. The van der Waals surface area contributed by atoms with Gasteiger partial charge in [-0.15, -0.1) is 13.2 Å². The Labute approximate surface area is 248 Å². The molecule has 1 aromatic carbocycles. The number of ether oxygens (including phenoxy) is 1. The molecule has 1 unspecified atom stereocenters. The van der Waals surface area contributed by atoms with E-state index >= 15 is 0 Å². The van der Waals surface area contributed by atoms with Crippen molar-refractivity contribution in [1.82, 2.24) is 25.1 Å². The summed E-state index contributed by atoms with van der Waals surface area (Å²) >= 11 is 6.00. The number of fused-ring (bicyclic) bond motifs is 2. The Kier molecular flexibility index (Phi) is 8.43. The minimum atomic E-state index is -4.89. The zero-order chi connectivity index (χ0) is 30.9. The maximum Gasteiger partial charge on any atom is 0.573 e. The quantitative estimate of drug-likeness (QED) is 0.183. The highest BCUT2D eigenvalue weighted by molar-refractivity contribution is 6.29. The van der Waals surface area contributed by atoms with Gasteiger partial charge in [0.15, 0.2) is 0 Å². The Bertz CT molecular complexity index is 1510. The smallest absolute Gasteiger partial charge is 0.406 e. The molecule has 0 bridgehead atoms. The van der Waals surface area contributed by atoms with Crippen molar-refractivity contribution in [2.24, 2.45) is 0 Å². The van der Waals surface area contributed by atoms with Crippen LogP contribution in [0.1, 0.15) is 35.2 Å². The Balaban J connectivity index is 1.52. The monoisotopic (exact) mass is 626 g/mol. The molecule has 0 saturated carbocycles. The van der Waals surface area contributed by atoms with Crippen molar-refractivity contribution in [3.63, 3.8) is 0 Å².